The number of aliphatic hydroxyl groups is 1. The van der Waals surface area contributed by atoms with Crippen LogP contribution < -0.4 is 51.4 Å². The Labute approximate surface area is 123 Å². The normalized spacial score (nSPS) is 34.4. The van der Waals surface area contributed by atoms with Crippen LogP contribution in [0.4, 0.5) is 0 Å². The summed E-state index contributed by atoms with van der Waals surface area (Å²) in [5.74, 6) is 0. The van der Waals surface area contributed by atoms with Crippen LogP contribution in [-0.4, -0.2) is 55.6 Å². The third-order valence-corrected chi connectivity index (χ3v) is 2.20. The van der Waals surface area contributed by atoms with Crippen LogP contribution >= 0.6 is 0 Å². The van der Waals surface area contributed by atoms with Crippen molar-refractivity contribution in [1.82, 2.24) is 0 Å². The van der Waals surface area contributed by atoms with E-state index in [1.165, 1.54) is 0 Å². The number of likely N-dealkylation sites (N-methyl/N-ethyl adjacent to an activating group) is 1. The van der Waals surface area contributed by atoms with Gasteiger partial charge in [0.15, 0.2) is 0 Å². The van der Waals surface area contributed by atoms with Crippen LogP contribution in [-0.2, 0) is 4.74 Å². The molecule has 0 spiro atoms. The molecule has 1 heterocycles. The summed E-state index contributed by atoms with van der Waals surface area (Å²) in [6, 6.07) is 0. The largest absolute Gasteiger partial charge is 1.00 e. The minimum atomic E-state index is -0.262. The van der Waals surface area contributed by atoms with E-state index in [-0.39, 0.29) is 69.7 Å². The Bertz CT molecular complexity index is 148. The minimum Gasteiger partial charge on any atom is -0.390 e. The molecule has 0 aliphatic carbocycles. The summed E-state index contributed by atoms with van der Waals surface area (Å²) in [5.41, 5.74) is 0. The predicted molar refractivity (Wildman–Crippen MR) is 47.9 cm³/mol. The molecule has 0 aromatic heterocycles. The quantitative estimate of drug-likeness (QED) is 0.398. The molecular formula is C9H20KNO2+2. The molecule has 1 rings (SSSR count). The molecule has 1 N–H and O–H groups in total. The smallest absolute Gasteiger partial charge is 0.390 e. The van der Waals surface area contributed by atoms with E-state index in [1.54, 1.807) is 0 Å². The van der Waals surface area contributed by atoms with Gasteiger partial charge in [0.1, 0.15) is 12.6 Å². The van der Waals surface area contributed by atoms with Gasteiger partial charge in [-0.1, -0.05) is 0 Å². The standard InChI is InChI=1S/C9H20NO2.K/c1-7-9(11)5-8(12-7)6-10(2,3)4;/h7-9,11H,5-6H2,1-4H3;/q2*+1/t7-,8-,9+;/m0./s1. The molecular weight excluding hydrogens is 193 g/mol. The number of nitrogens with zero attached hydrogens (tertiary/aromatic N) is 1. The van der Waals surface area contributed by atoms with Crippen molar-refractivity contribution in [3.8, 4) is 0 Å². The van der Waals surface area contributed by atoms with Crippen LogP contribution in [0.5, 0.6) is 0 Å². The molecule has 0 aromatic rings. The molecule has 0 amide bonds. The fraction of sp³-hybridized carbons (Fsp3) is 1.00. The van der Waals surface area contributed by atoms with Crippen LogP contribution in [0.1, 0.15) is 13.3 Å². The average molecular weight is 213 g/mol. The maximum absolute atomic E-state index is 9.43. The first-order chi connectivity index (χ1) is 5.38. The van der Waals surface area contributed by atoms with Gasteiger partial charge >= 0.3 is 51.4 Å². The van der Waals surface area contributed by atoms with E-state index >= 15 is 0 Å². The van der Waals surface area contributed by atoms with Gasteiger partial charge in [-0.25, -0.2) is 0 Å². The number of hydrogen-bond donors (Lipinski definition) is 1. The Balaban J connectivity index is 0.00000144. The number of ether oxygens (including phenoxy) is 1. The Morgan fingerprint density at radius 2 is 1.92 bits per heavy atom. The summed E-state index contributed by atoms with van der Waals surface area (Å²) in [4.78, 5) is 0. The second-order valence-corrected chi connectivity index (χ2v) is 4.74. The van der Waals surface area contributed by atoms with Crippen molar-refractivity contribution in [1.29, 1.82) is 0 Å². The van der Waals surface area contributed by atoms with E-state index in [0.29, 0.717) is 0 Å². The van der Waals surface area contributed by atoms with Gasteiger partial charge in [-0.05, 0) is 6.92 Å². The first-order valence-electron chi connectivity index (χ1n) is 4.52. The third-order valence-electron chi connectivity index (χ3n) is 2.20. The summed E-state index contributed by atoms with van der Waals surface area (Å²) in [5, 5.41) is 9.43. The maximum Gasteiger partial charge on any atom is 1.00 e. The number of quaternary nitrogens is 1. The average Bonchev–Trinajstić information content (AvgIpc) is 2.07. The van der Waals surface area contributed by atoms with Gasteiger partial charge in [0.2, 0.25) is 0 Å². The van der Waals surface area contributed by atoms with Gasteiger partial charge in [-0.3, -0.25) is 0 Å². The van der Waals surface area contributed by atoms with Crippen molar-refractivity contribution >= 4 is 0 Å². The fourth-order valence-corrected chi connectivity index (χ4v) is 1.64. The van der Waals surface area contributed by atoms with Crippen molar-refractivity contribution in [3.63, 3.8) is 0 Å². The Kier molecular flexibility index (Phi) is 6.21. The molecule has 72 valence electrons. The molecule has 0 saturated carbocycles. The zero-order valence-electron chi connectivity index (χ0n) is 9.45. The van der Waals surface area contributed by atoms with Crippen molar-refractivity contribution in [2.75, 3.05) is 27.7 Å². The fourth-order valence-electron chi connectivity index (χ4n) is 1.64. The van der Waals surface area contributed by atoms with E-state index in [1.807, 2.05) is 6.92 Å². The Morgan fingerprint density at radius 3 is 2.23 bits per heavy atom. The minimum absolute atomic E-state index is 0. The van der Waals surface area contributed by atoms with E-state index in [9.17, 15) is 5.11 Å². The van der Waals surface area contributed by atoms with E-state index < -0.39 is 0 Å². The van der Waals surface area contributed by atoms with Gasteiger partial charge in [0, 0.05) is 6.42 Å². The Morgan fingerprint density at radius 1 is 1.38 bits per heavy atom. The zero-order valence-corrected chi connectivity index (χ0v) is 12.6. The molecule has 0 unspecified atom stereocenters. The van der Waals surface area contributed by atoms with Crippen molar-refractivity contribution < 1.29 is 65.7 Å². The van der Waals surface area contributed by atoms with Crippen LogP contribution in [0, 0.1) is 0 Å². The molecule has 0 aromatic carbocycles. The molecule has 1 saturated heterocycles. The molecule has 4 heteroatoms. The van der Waals surface area contributed by atoms with E-state index in [0.717, 1.165) is 17.4 Å². The summed E-state index contributed by atoms with van der Waals surface area (Å²) in [7, 11) is 6.41. The van der Waals surface area contributed by atoms with Gasteiger partial charge in [-0.2, -0.15) is 0 Å². The van der Waals surface area contributed by atoms with Gasteiger partial charge in [0.25, 0.3) is 0 Å². The number of hydrogen-bond acceptors (Lipinski definition) is 2. The van der Waals surface area contributed by atoms with Crippen LogP contribution in [0.25, 0.3) is 0 Å². The van der Waals surface area contributed by atoms with Gasteiger partial charge in [0.05, 0.1) is 33.4 Å². The van der Waals surface area contributed by atoms with Gasteiger partial charge < -0.3 is 14.3 Å². The molecule has 13 heavy (non-hydrogen) atoms. The summed E-state index contributed by atoms with van der Waals surface area (Å²) >= 11 is 0. The number of rotatable bonds is 2. The monoisotopic (exact) mass is 213 g/mol. The van der Waals surface area contributed by atoms with Crippen molar-refractivity contribution in [2.24, 2.45) is 0 Å². The Hall–Kier alpha value is 1.52. The number of aliphatic hydroxyl groups excluding tert-OH is 1. The maximum atomic E-state index is 9.43. The van der Waals surface area contributed by atoms with E-state index in [4.69, 9.17) is 4.74 Å². The van der Waals surface area contributed by atoms with Gasteiger partial charge in [-0.15, -0.1) is 0 Å². The summed E-state index contributed by atoms with van der Waals surface area (Å²) in [6.45, 7) is 2.90. The molecule has 1 aliphatic rings. The van der Waals surface area contributed by atoms with Crippen LogP contribution in [0.15, 0.2) is 0 Å². The topological polar surface area (TPSA) is 29.5 Å². The summed E-state index contributed by atoms with van der Waals surface area (Å²) in [6.07, 6.45) is 0.773. The second-order valence-electron chi connectivity index (χ2n) is 4.74. The van der Waals surface area contributed by atoms with Crippen molar-refractivity contribution in [3.05, 3.63) is 0 Å². The molecule has 1 fully saturated rings. The molecule has 0 radical (unpaired) electrons. The second kappa shape index (κ2) is 5.56. The SMILES string of the molecule is C[C@@H]1O[C@H](C[N+](C)(C)C)C[C@H]1O.[K+]. The molecule has 0 bridgehead atoms. The third kappa shape index (κ3) is 5.23. The molecule has 3 nitrogen and oxygen atoms in total. The van der Waals surface area contributed by atoms with Crippen LogP contribution in [0.3, 0.4) is 0 Å². The van der Waals surface area contributed by atoms with E-state index in [2.05, 4.69) is 21.1 Å². The predicted octanol–water partition coefficient (Wildman–Crippen LogP) is -2.77. The zero-order chi connectivity index (χ0) is 9.35. The van der Waals surface area contributed by atoms with Crippen LogP contribution in [0.2, 0.25) is 0 Å². The van der Waals surface area contributed by atoms with Crippen molar-refractivity contribution in [2.45, 2.75) is 31.7 Å². The first kappa shape index (κ1) is 14.5. The molecule has 3 atom stereocenters. The first-order valence-corrected chi connectivity index (χ1v) is 4.52. The molecule has 1 aliphatic heterocycles. The summed E-state index contributed by atoms with van der Waals surface area (Å²) < 4.78 is 6.48.